The zero-order valence-electron chi connectivity index (χ0n) is 10.5. The molecular formula is C12H24N2O2S. The summed E-state index contributed by atoms with van der Waals surface area (Å²) in [5.74, 6) is 0.770. The van der Waals surface area contributed by atoms with Gasteiger partial charge in [0.1, 0.15) is 0 Å². The van der Waals surface area contributed by atoms with E-state index < -0.39 is 12.1 Å². The lowest BCUT2D eigenvalue weighted by Gasteiger charge is -2.23. The minimum Gasteiger partial charge on any atom is -0.391 e. The van der Waals surface area contributed by atoms with Gasteiger partial charge in [-0.05, 0) is 31.3 Å². The van der Waals surface area contributed by atoms with Crippen LogP contribution >= 0.6 is 11.8 Å². The highest BCUT2D eigenvalue weighted by atomic mass is 32.2. The number of amides is 1. The van der Waals surface area contributed by atoms with E-state index in [0.29, 0.717) is 6.42 Å². The minimum absolute atomic E-state index is 0.106. The molecule has 4 N–H and O–H groups in total. The van der Waals surface area contributed by atoms with Crippen molar-refractivity contribution in [1.82, 2.24) is 5.32 Å². The van der Waals surface area contributed by atoms with Crippen LogP contribution in [0.4, 0.5) is 0 Å². The van der Waals surface area contributed by atoms with E-state index in [-0.39, 0.29) is 11.9 Å². The number of aliphatic hydroxyl groups is 1. The molecule has 4 nitrogen and oxygen atoms in total. The van der Waals surface area contributed by atoms with Crippen molar-refractivity contribution in [2.75, 3.05) is 12.0 Å². The molecule has 0 aromatic rings. The highest BCUT2D eigenvalue weighted by Gasteiger charge is 2.24. The fourth-order valence-corrected chi connectivity index (χ4v) is 2.61. The standard InChI is InChI=1S/C12H24N2O2S/c1-17-8-7-9(13)12(16)14-10-5-3-2-4-6-11(10)15/h9-11,15H,2-8,13H2,1H3,(H,14,16)/t9-,10?,11?/m0/s1. The average Bonchev–Trinajstić information content (AvgIpc) is 2.52. The largest absolute Gasteiger partial charge is 0.391 e. The normalized spacial score (nSPS) is 27.2. The topological polar surface area (TPSA) is 75.4 Å². The van der Waals surface area contributed by atoms with Crippen molar-refractivity contribution < 1.29 is 9.90 Å². The third-order valence-electron chi connectivity index (χ3n) is 3.28. The quantitative estimate of drug-likeness (QED) is 0.641. The number of carbonyl (C=O) groups is 1. The molecule has 5 heteroatoms. The minimum atomic E-state index is -0.446. The molecule has 0 aromatic heterocycles. The third-order valence-corrected chi connectivity index (χ3v) is 3.92. The molecule has 0 heterocycles. The Bertz CT molecular complexity index is 239. The van der Waals surface area contributed by atoms with Crippen LogP contribution in [0.25, 0.3) is 0 Å². The van der Waals surface area contributed by atoms with Crippen LogP contribution < -0.4 is 11.1 Å². The molecule has 0 spiro atoms. The highest BCUT2D eigenvalue weighted by Crippen LogP contribution is 2.18. The number of thioether (sulfide) groups is 1. The average molecular weight is 260 g/mol. The zero-order chi connectivity index (χ0) is 12.7. The van der Waals surface area contributed by atoms with Gasteiger partial charge in [-0.15, -0.1) is 0 Å². The first-order chi connectivity index (χ1) is 8.15. The van der Waals surface area contributed by atoms with Crippen LogP contribution in [0.15, 0.2) is 0 Å². The van der Waals surface area contributed by atoms with Crippen molar-refractivity contribution in [1.29, 1.82) is 0 Å². The molecule has 1 amide bonds. The summed E-state index contributed by atoms with van der Waals surface area (Å²) in [7, 11) is 0. The lowest BCUT2D eigenvalue weighted by molar-refractivity contribution is -0.124. The first-order valence-corrected chi connectivity index (χ1v) is 7.77. The Morgan fingerprint density at radius 2 is 2.18 bits per heavy atom. The van der Waals surface area contributed by atoms with Gasteiger partial charge in [-0.1, -0.05) is 19.3 Å². The molecule has 0 aliphatic heterocycles. The molecule has 0 bridgehead atoms. The predicted molar refractivity (Wildman–Crippen MR) is 72.0 cm³/mol. The van der Waals surface area contributed by atoms with Gasteiger partial charge in [0.25, 0.3) is 0 Å². The zero-order valence-corrected chi connectivity index (χ0v) is 11.3. The van der Waals surface area contributed by atoms with E-state index in [1.54, 1.807) is 11.8 Å². The van der Waals surface area contributed by atoms with Crippen LogP contribution in [0.5, 0.6) is 0 Å². The number of nitrogens with two attached hydrogens (primary N) is 1. The number of hydrogen-bond acceptors (Lipinski definition) is 4. The maximum Gasteiger partial charge on any atom is 0.237 e. The van der Waals surface area contributed by atoms with E-state index in [2.05, 4.69) is 5.32 Å². The van der Waals surface area contributed by atoms with Crippen molar-refractivity contribution in [3.05, 3.63) is 0 Å². The van der Waals surface area contributed by atoms with Crippen LogP contribution in [0.2, 0.25) is 0 Å². The van der Waals surface area contributed by atoms with Gasteiger partial charge in [0.05, 0.1) is 18.2 Å². The summed E-state index contributed by atoms with van der Waals surface area (Å²) in [6.45, 7) is 0. The lowest BCUT2D eigenvalue weighted by Crippen LogP contribution is -2.49. The molecule has 1 aliphatic carbocycles. The molecule has 1 saturated carbocycles. The molecule has 0 aromatic carbocycles. The Hall–Kier alpha value is -0.260. The number of rotatable bonds is 5. The molecule has 3 atom stereocenters. The van der Waals surface area contributed by atoms with E-state index in [0.717, 1.165) is 37.9 Å². The summed E-state index contributed by atoms with van der Waals surface area (Å²) in [6, 6.07) is -0.553. The van der Waals surface area contributed by atoms with Crippen LogP contribution in [0.1, 0.15) is 38.5 Å². The van der Waals surface area contributed by atoms with Crippen LogP contribution in [-0.4, -0.2) is 41.2 Å². The fraction of sp³-hybridized carbons (Fsp3) is 0.917. The second-order valence-electron chi connectivity index (χ2n) is 4.71. The maximum absolute atomic E-state index is 11.8. The van der Waals surface area contributed by atoms with E-state index in [4.69, 9.17) is 5.73 Å². The molecule has 1 fully saturated rings. The van der Waals surface area contributed by atoms with Crippen LogP contribution in [-0.2, 0) is 4.79 Å². The number of hydrogen-bond donors (Lipinski definition) is 3. The van der Waals surface area contributed by atoms with Gasteiger partial charge in [0.15, 0.2) is 0 Å². The predicted octanol–water partition coefficient (Wildman–Crippen LogP) is 0.877. The molecule has 1 aliphatic rings. The lowest BCUT2D eigenvalue weighted by atomic mass is 10.1. The van der Waals surface area contributed by atoms with E-state index in [1.165, 1.54) is 0 Å². The monoisotopic (exact) mass is 260 g/mol. The fourth-order valence-electron chi connectivity index (χ4n) is 2.12. The Morgan fingerprint density at radius 3 is 2.88 bits per heavy atom. The van der Waals surface area contributed by atoms with Crippen molar-refractivity contribution in [2.24, 2.45) is 5.73 Å². The van der Waals surface area contributed by atoms with Crippen LogP contribution in [0.3, 0.4) is 0 Å². The van der Waals surface area contributed by atoms with Gasteiger partial charge >= 0.3 is 0 Å². The Morgan fingerprint density at radius 1 is 1.47 bits per heavy atom. The first kappa shape index (κ1) is 14.8. The highest BCUT2D eigenvalue weighted by molar-refractivity contribution is 7.98. The second kappa shape index (κ2) is 7.95. The van der Waals surface area contributed by atoms with Gasteiger partial charge in [-0.25, -0.2) is 0 Å². The number of carbonyl (C=O) groups excluding carboxylic acids is 1. The summed E-state index contributed by atoms with van der Waals surface area (Å²) < 4.78 is 0. The van der Waals surface area contributed by atoms with Crippen molar-refractivity contribution in [3.63, 3.8) is 0 Å². The van der Waals surface area contributed by atoms with Gasteiger partial charge < -0.3 is 16.2 Å². The Balaban J connectivity index is 2.37. The molecule has 1 rings (SSSR count). The number of aliphatic hydroxyl groups excluding tert-OH is 1. The van der Waals surface area contributed by atoms with Gasteiger partial charge in [-0.2, -0.15) is 11.8 Å². The summed E-state index contributed by atoms with van der Waals surface area (Å²) in [4.78, 5) is 11.8. The Kier molecular flexibility index (Phi) is 6.92. The molecule has 2 unspecified atom stereocenters. The Labute approximate surface area is 108 Å². The molecule has 100 valence electrons. The van der Waals surface area contributed by atoms with Gasteiger partial charge in [-0.3, -0.25) is 4.79 Å². The summed E-state index contributed by atoms with van der Waals surface area (Å²) in [5.41, 5.74) is 5.80. The molecule has 0 radical (unpaired) electrons. The molecule has 17 heavy (non-hydrogen) atoms. The van der Waals surface area contributed by atoms with Gasteiger partial charge in [0.2, 0.25) is 5.91 Å². The smallest absolute Gasteiger partial charge is 0.237 e. The van der Waals surface area contributed by atoms with E-state index in [1.807, 2.05) is 6.26 Å². The van der Waals surface area contributed by atoms with Crippen molar-refractivity contribution in [3.8, 4) is 0 Å². The van der Waals surface area contributed by atoms with Crippen molar-refractivity contribution >= 4 is 17.7 Å². The van der Waals surface area contributed by atoms with E-state index in [9.17, 15) is 9.90 Å². The third kappa shape index (κ3) is 5.27. The summed E-state index contributed by atoms with van der Waals surface area (Å²) in [5, 5.41) is 12.8. The number of nitrogens with one attached hydrogen (secondary N) is 1. The summed E-state index contributed by atoms with van der Waals surface area (Å²) >= 11 is 1.69. The van der Waals surface area contributed by atoms with Crippen LogP contribution in [0, 0.1) is 0 Å². The van der Waals surface area contributed by atoms with E-state index >= 15 is 0 Å². The summed E-state index contributed by atoms with van der Waals surface area (Å²) in [6.07, 6.45) is 7.19. The first-order valence-electron chi connectivity index (χ1n) is 6.38. The molecule has 0 saturated heterocycles. The maximum atomic E-state index is 11.8. The van der Waals surface area contributed by atoms with Gasteiger partial charge in [0, 0.05) is 0 Å². The van der Waals surface area contributed by atoms with Crippen molar-refractivity contribution in [2.45, 2.75) is 56.7 Å². The SMILES string of the molecule is CSCC[C@H](N)C(=O)NC1CCCCCC1O. The molecular weight excluding hydrogens is 236 g/mol. The second-order valence-corrected chi connectivity index (χ2v) is 5.69.